The fraction of sp³-hybridized carbons (Fsp3) is 0.462. The van der Waals surface area contributed by atoms with Crippen LogP contribution in [0.2, 0.25) is 0 Å². The molecule has 0 spiro atoms. The predicted octanol–water partition coefficient (Wildman–Crippen LogP) is 2.99. The second-order valence-electron chi connectivity index (χ2n) is 4.28. The topological polar surface area (TPSA) is 29.3 Å². The van der Waals surface area contributed by atoms with Crippen LogP contribution in [-0.4, -0.2) is 18.1 Å². The molecule has 1 fully saturated rings. The molecule has 0 radical (unpaired) electrons. The van der Waals surface area contributed by atoms with Gasteiger partial charge in [-0.1, -0.05) is 13.0 Å². The van der Waals surface area contributed by atoms with Crippen LogP contribution in [0.3, 0.4) is 0 Å². The minimum absolute atomic E-state index is 0.835. The van der Waals surface area contributed by atoms with E-state index in [0.717, 1.165) is 36.5 Å². The minimum atomic E-state index is 0.835. The Morgan fingerprint density at radius 3 is 2.88 bits per heavy atom. The average Bonchev–Trinajstić information content (AvgIpc) is 2.97. The largest absolute Gasteiger partial charge is 0.441 e. The smallest absolute Gasteiger partial charge is 0.195 e. The maximum Gasteiger partial charge on any atom is 0.195 e. The van der Waals surface area contributed by atoms with Crippen molar-refractivity contribution in [3.63, 3.8) is 0 Å². The van der Waals surface area contributed by atoms with E-state index in [4.69, 9.17) is 4.42 Å². The summed E-state index contributed by atoms with van der Waals surface area (Å²) in [4.78, 5) is 6.97. The Balaban J connectivity index is 2.12. The van der Waals surface area contributed by atoms with Crippen LogP contribution in [0.1, 0.15) is 25.7 Å². The van der Waals surface area contributed by atoms with Gasteiger partial charge in [0.2, 0.25) is 0 Å². The highest BCUT2D eigenvalue weighted by Gasteiger charge is 2.17. The van der Waals surface area contributed by atoms with Gasteiger partial charge < -0.3 is 9.32 Å². The summed E-state index contributed by atoms with van der Waals surface area (Å²) in [5, 5.41) is 0. The molecule has 1 saturated heterocycles. The van der Waals surface area contributed by atoms with Crippen LogP contribution in [0, 0.1) is 0 Å². The molecule has 0 atom stereocenters. The van der Waals surface area contributed by atoms with Gasteiger partial charge in [-0.15, -0.1) is 0 Å². The molecule has 3 heteroatoms. The van der Waals surface area contributed by atoms with Crippen molar-refractivity contribution in [1.82, 2.24) is 4.98 Å². The van der Waals surface area contributed by atoms with Gasteiger partial charge in [0.25, 0.3) is 0 Å². The zero-order chi connectivity index (χ0) is 11.0. The Kier molecular flexibility index (Phi) is 2.31. The quantitative estimate of drug-likeness (QED) is 0.772. The van der Waals surface area contributed by atoms with E-state index in [9.17, 15) is 0 Å². The lowest BCUT2D eigenvalue weighted by atomic mass is 10.2. The summed E-state index contributed by atoms with van der Waals surface area (Å²) in [6.07, 6.45) is 3.43. The summed E-state index contributed by atoms with van der Waals surface area (Å²) < 4.78 is 5.68. The zero-order valence-electron chi connectivity index (χ0n) is 9.57. The van der Waals surface area contributed by atoms with E-state index < -0.39 is 0 Å². The van der Waals surface area contributed by atoms with Crippen LogP contribution in [0.25, 0.3) is 11.1 Å². The van der Waals surface area contributed by atoms with Gasteiger partial charge >= 0.3 is 0 Å². The molecule has 3 nitrogen and oxygen atoms in total. The molecule has 2 heterocycles. The molecule has 0 bridgehead atoms. The highest BCUT2D eigenvalue weighted by Crippen LogP contribution is 2.29. The van der Waals surface area contributed by atoms with Gasteiger partial charge in [-0.3, -0.25) is 0 Å². The van der Waals surface area contributed by atoms with E-state index in [1.54, 1.807) is 0 Å². The first-order valence-electron chi connectivity index (χ1n) is 6.02. The lowest BCUT2D eigenvalue weighted by Gasteiger charge is -2.17. The molecule has 0 amide bonds. The molecule has 1 aromatic heterocycles. The monoisotopic (exact) mass is 216 g/mol. The second-order valence-corrected chi connectivity index (χ2v) is 4.28. The number of hydrogen-bond acceptors (Lipinski definition) is 3. The first-order valence-corrected chi connectivity index (χ1v) is 6.02. The highest BCUT2D eigenvalue weighted by atomic mass is 16.3. The number of rotatable bonds is 2. The van der Waals surface area contributed by atoms with E-state index in [2.05, 4.69) is 28.9 Å². The average molecular weight is 216 g/mol. The molecule has 3 rings (SSSR count). The van der Waals surface area contributed by atoms with Gasteiger partial charge in [0.15, 0.2) is 11.5 Å². The normalized spacial score (nSPS) is 16.2. The van der Waals surface area contributed by atoms with Gasteiger partial charge in [-0.05, 0) is 25.0 Å². The lowest BCUT2D eigenvalue weighted by molar-refractivity contribution is 0.538. The molecule has 16 heavy (non-hydrogen) atoms. The molecule has 0 N–H and O–H groups in total. The summed E-state index contributed by atoms with van der Waals surface area (Å²) in [5.41, 5.74) is 3.18. The summed E-state index contributed by atoms with van der Waals surface area (Å²) >= 11 is 0. The number of hydrogen-bond donors (Lipinski definition) is 0. The molecule has 84 valence electrons. The Bertz CT molecular complexity index is 498. The van der Waals surface area contributed by atoms with Gasteiger partial charge in [-0.25, -0.2) is 4.98 Å². The van der Waals surface area contributed by atoms with E-state index >= 15 is 0 Å². The number of fused-ring (bicyclic) bond motifs is 1. The third-order valence-electron chi connectivity index (χ3n) is 3.19. The number of aryl methyl sites for hydroxylation is 1. The standard InChI is InChI=1S/C13H16N2O/c1-2-12-14-13-10(15-8-3-4-9-15)6-5-7-11(13)16-12/h5-7H,2-4,8-9H2,1H3. The molecule has 0 saturated carbocycles. The van der Waals surface area contributed by atoms with Gasteiger partial charge in [0.05, 0.1) is 5.69 Å². The zero-order valence-corrected chi connectivity index (χ0v) is 9.57. The summed E-state index contributed by atoms with van der Waals surface area (Å²) in [6.45, 7) is 4.36. The molecule has 1 aromatic carbocycles. The van der Waals surface area contributed by atoms with Crippen molar-refractivity contribution in [2.24, 2.45) is 0 Å². The van der Waals surface area contributed by atoms with Crippen molar-refractivity contribution in [3.05, 3.63) is 24.1 Å². The van der Waals surface area contributed by atoms with Crippen LogP contribution in [0.4, 0.5) is 5.69 Å². The lowest BCUT2D eigenvalue weighted by Crippen LogP contribution is -2.17. The number of para-hydroxylation sites is 1. The van der Waals surface area contributed by atoms with Crippen molar-refractivity contribution in [2.45, 2.75) is 26.2 Å². The van der Waals surface area contributed by atoms with E-state index in [-0.39, 0.29) is 0 Å². The third kappa shape index (κ3) is 1.47. The first kappa shape index (κ1) is 9.70. The van der Waals surface area contributed by atoms with Crippen molar-refractivity contribution in [1.29, 1.82) is 0 Å². The van der Waals surface area contributed by atoms with Gasteiger partial charge in [0, 0.05) is 19.5 Å². The van der Waals surface area contributed by atoms with Crippen LogP contribution >= 0.6 is 0 Å². The first-order chi connectivity index (χ1) is 7.88. The van der Waals surface area contributed by atoms with E-state index in [0.29, 0.717) is 0 Å². The maximum atomic E-state index is 5.68. The predicted molar refractivity (Wildman–Crippen MR) is 64.8 cm³/mol. The van der Waals surface area contributed by atoms with E-state index in [1.165, 1.54) is 18.5 Å². The fourth-order valence-electron chi connectivity index (χ4n) is 2.34. The molecular weight excluding hydrogens is 200 g/mol. The molecule has 0 unspecified atom stereocenters. The Morgan fingerprint density at radius 1 is 1.31 bits per heavy atom. The van der Waals surface area contributed by atoms with Crippen molar-refractivity contribution in [3.8, 4) is 0 Å². The summed E-state index contributed by atoms with van der Waals surface area (Å²) in [5.74, 6) is 0.835. The SMILES string of the molecule is CCc1nc2c(N3CCCC3)cccc2o1. The van der Waals surface area contributed by atoms with E-state index in [1.807, 2.05) is 6.07 Å². The van der Waals surface area contributed by atoms with Crippen LogP contribution in [0.5, 0.6) is 0 Å². The molecule has 0 aliphatic carbocycles. The van der Waals surface area contributed by atoms with Crippen molar-refractivity contribution >= 4 is 16.8 Å². The Hall–Kier alpha value is -1.51. The molecule has 1 aliphatic rings. The van der Waals surface area contributed by atoms with Gasteiger partial charge in [0.1, 0.15) is 5.52 Å². The maximum absolute atomic E-state index is 5.68. The van der Waals surface area contributed by atoms with Crippen molar-refractivity contribution < 1.29 is 4.42 Å². The molecule has 1 aliphatic heterocycles. The highest BCUT2D eigenvalue weighted by molar-refractivity contribution is 5.87. The summed E-state index contributed by atoms with van der Waals surface area (Å²) in [7, 11) is 0. The number of nitrogens with zero attached hydrogens (tertiary/aromatic N) is 2. The van der Waals surface area contributed by atoms with Crippen molar-refractivity contribution in [2.75, 3.05) is 18.0 Å². The molecule has 2 aromatic rings. The number of oxazole rings is 1. The summed E-state index contributed by atoms with van der Waals surface area (Å²) in [6, 6.07) is 6.21. The molecular formula is C13H16N2O. The van der Waals surface area contributed by atoms with Gasteiger partial charge in [-0.2, -0.15) is 0 Å². The third-order valence-corrected chi connectivity index (χ3v) is 3.19. The van der Waals surface area contributed by atoms with Crippen LogP contribution < -0.4 is 4.90 Å². The number of aromatic nitrogens is 1. The number of benzene rings is 1. The van der Waals surface area contributed by atoms with Crippen LogP contribution in [-0.2, 0) is 6.42 Å². The Labute approximate surface area is 95.1 Å². The second kappa shape index (κ2) is 3.81. The number of anilines is 1. The minimum Gasteiger partial charge on any atom is -0.441 e. The Morgan fingerprint density at radius 2 is 2.12 bits per heavy atom. The fourth-order valence-corrected chi connectivity index (χ4v) is 2.34. The van der Waals surface area contributed by atoms with Crippen LogP contribution in [0.15, 0.2) is 22.6 Å².